The van der Waals surface area contributed by atoms with Gasteiger partial charge in [0.05, 0.1) is 0 Å². The van der Waals surface area contributed by atoms with Crippen molar-refractivity contribution in [3.8, 4) is 0 Å². The van der Waals surface area contributed by atoms with E-state index in [1.54, 1.807) is 0 Å². The molecule has 0 aromatic heterocycles. The Morgan fingerprint density at radius 3 is 2.45 bits per heavy atom. The molecule has 4 rings (SSSR count). The number of benzene rings is 1. The quantitative estimate of drug-likeness (QED) is 0.859. The fraction of sp³-hybridized carbons (Fsp3) is 0.700. The van der Waals surface area contributed by atoms with E-state index in [0.29, 0.717) is 6.04 Å². The minimum atomic E-state index is 0.693. The molecule has 2 saturated carbocycles. The maximum Gasteiger partial charge on any atom is 0.0208 e. The molecule has 0 amide bonds. The molecule has 1 saturated heterocycles. The first-order chi connectivity index (χ1) is 10.9. The number of hydrogen-bond donors (Lipinski definition) is 1. The fourth-order valence-corrected chi connectivity index (χ4v) is 4.29. The lowest BCUT2D eigenvalue weighted by atomic mass is 9.84. The summed E-state index contributed by atoms with van der Waals surface area (Å²) in [6.07, 6.45) is 10.2. The molecule has 1 N–H and O–H groups in total. The second-order valence-electron chi connectivity index (χ2n) is 7.88. The van der Waals surface area contributed by atoms with Crippen LogP contribution in [-0.2, 0) is 6.54 Å². The second kappa shape index (κ2) is 6.72. The zero-order valence-corrected chi connectivity index (χ0v) is 13.7. The van der Waals surface area contributed by atoms with Gasteiger partial charge in [-0.3, -0.25) is 4.90 Å². The molecule has 120 valence electrons. The van der Waals surface area contributed by atoms with E-state index in [4.69, 9.17) is 0 Å². The number of rotatable bonds is 6. The highest BCUT2D eigenvalue weighted by atomic mass is 15.2. The van der Waals surface area contributed by atoms with Crippen LogP contribution in [0.4, 0.5) is 0 Å². The molecule has 1 aliphatic heterocycles. The standard InChI is InChI=1S/C20H30N2/c1-2-5-17(6-3-1)13-21-19-12-18(11-16-9-10-16)14-22(15-19)20-7-4-8-20/h1-3,5-6,16,18-21H,4,7-15H2. The summed E-state index contributed by atoms with van der Waals surface area (Å²) in [4.78, 5) is 2.82. The molecular weight excluding hydrogens is 268 g/mol. The highest BCUT2D eigenvalue weighted by Crippen LogP contribution is 2.39. The van der Waals surface area contributed by atoms with Crippen molar-refractivity contribution in [2.24, 2.45) is 11.8 Å². The number of hydrogen-bond acceptors (Lipinski definition) is 2. The first kappa shape index (κ1) is 14.7. The second-order valence-corrected chi connectivity index (χ2v) is 7.88. The Morgan fingerprint density at radius 2 is 1.77 bits per heavy atom. The van der Waals surface area contributed by atoms with Crippen LogP contribution >= 0.6 is 0 Å². The van der Waals surface area contributed by atoms with Gasteiger partial charge in [0.1, 0.15) is 0 Å². The molecule has 2 unspecified atom stereocenters. The van der Waals surface area contributed by atoms with Crippen LogP contribution in [0.2, 0.25) is 0 Å². The molecule has 0 radical (unpaired) electrons. The SMILES string of the molecule is c1ccc(CNC2CC(CC3CC3)CN(C3CCC3)C2)cc1. The van der Waals surface area contributed by atoms with Crippen molar-refractivity contribution in [2.45, 2.75) is 63.6 Å². The molecule has 3 fully saturated rings. The van der Waals surface area contributed by atoms with Gasteiger partial charge in [0, 0.05) is 31.7 Å². The predicted octanol–water partition coefficient (Wildman–Crippen LogP) is 3.82. The van der Waals surface area contributed by atoms with Gasteiger partial charge >= 0.3 is 0 Å². The molecule has 2 aliphatic carbocycles. The molecular formula is C20H30N2. The maximum atomic E-state index is 3.85. The van der Waals surface area contributed by atoms with E-state index < -0.39 is 0 Å². The van der Waals surface area contributed by atoms with E-state index in [1.807, 2.05) is 0 Å². The summed E-state index contributed by atoms with van der Waals surface area (Å²) >= 11 is 0. The Hall–Kier alpha value is -0.860. The first-order valence-corrected chi connectivity index (χ1v) is 9.38. The zero-order chi connectivity index (χ0) is 14.8. The third-order valence-corrected chi connectivity index (χ3v) is 5.96. The van der Waals surface area contributed by atoms with E-state index in [0.717, 1.165) is 24.4 Å². The average Bonchev–Trinajstić information content (AvgIpc) is 3.28. The van der Waals surface area contributed by atoms with E-state index in [9.17, 15) is 0 Å². The molecule has 2 heteroatoms. The smallest absolute Gasteiger partial charge is 0.0208 e. The van der Waals surface area contributed by atoms with Crippen molar-refractivity contribution in [3.63, 3.8) is 0 Å². The van der Waals surface area contributed by atoms with E-state index in [1.165, 1.54) is 63.6 Å². The summed E-state index contributed by atoms with van der Waals surface area (Å²) in [6.45, 7) is 3.68. The lowest BCUT2D eigenvalue weighted by molar-refractivity contribution is 0.0542. The number of nitrogens with zero attached hydrogens (tertiary/aromatic N) is 1. The molecule has 2 atom stereocenters. The summed E-state index contributed by atoms with van der Waals surface area (Å²) in [5.74, 6) is 2.01. The topological polar surface area (TPSA) is 15.3 Å². The van der Waals surface area contributed by atoms with Gasteiger partial charge in [0.2, 0.25) is 0 Å². The van der Waals surface area contributed by atoms with Crippen molar-refractivity contribution >= 4 is 0 Å². The van der Waals surface area contributed by atoms with Gasteiger partial charge in [-0.2, -0.15) is 0 Å². The first-order valence-electron chi connectivity index (χ1n) is 9.38. The zero-order valence-electron chi connectivity index (χ0n) is 13.7. The Balaban J connectivity index is 1.34. The molecule has 1 aromatic carbocycles. The Morgan fingerprint density at radius 1 is 0.955 bits per heavy atom. The molecule has 22 heavy (non-hydrogen) atoms. The average molecular weight is 298 g/mol. The minimum absolute atomic E-state index is 0.693. The van der Waals surface area contributed by atoms with Crippen molar-refractivity contribution in [1.82, 2.24) is 10.2 Å². The van der Waals surface area contributed by atoms with Crippen molar-refractivity contribution in [2.75, 3.05) is 13.1 Å². The Kier molecular flexibility index (Phi) is 4.49. The molecule has 1 aromatic rings. The summed E-state index contributed by atoms with van der Waals surface area (Å²) in [6, 6.07) is 12.5. The van der Waals surface area contributed by atoms with Gasteiger partial charge in [-0.05, 0) is 43.1 Å². The summed E-state index contributed by atoms with van der Waals surface area (Å²) < 4.78 is 0. The van der Waals surface area contributed by atoms with E-state index in [2.05, 4.69) is 40.5 Å². The van der Waals surface area contributed by atoms with Gasteiger partial charge in [0.15, 0.2) is 0 Å². The van der Waals surface area contributed by atoms with Crippen LogP contribution in [0.5, 0.6) is 0 Å². The monoisotopic (exact) mass is 298 g/mol. The Bertz CT molecular complexity index is 464. The van der Waals surface area contributed by atoms with Crippen LogP contribution in [0.25, 0.3) is 0 Å². The van der Waals surface area contributed by atoms with Crippen LogP contribution < -0.4 is 5.32 Å². The van der Waals surface area contributed by atoms with Gasteiger partial charge < -0.3 is 5.32 Å². The molecule has 1 heterocycles. The molecule has 0 spiro atoms. The van der Waals surface area contributed by atoms with Crippen molar-refractivity contribution < 1.29 is 0 Å². The fourth-order valence-electron chi connectivity index (χ4n) is 4.29. The van der Waals surface area contributed by atoms with Gasteiger partial charge in [0.25, 0.3) is 0 Å². The van der Waals surface area contributed by atoms with Crippen molar-refractivity contribution in [1.29, 1.82) is 0 Å². The lowest BCUT2D eigenvalue weighted by Crippen LogP contribution is -2.54. The third kappa shape index (κ3) is 3.72. The summed E-state index contributed by atoms with van der Waals surface area (Å²) in [7, 11) is 0. The highest BCUT2D eigenvalue weighted by molar-refractivity contribution is 5.14. The van der Waals surface area contributed by atoms with E-state index in [-0.39, 0.29) is 0 Å². The van der Waals surface area contributed by atoms with Crippen LogP contribution in [0.15, 0.2) is 30.3 Å². The highest BCUT2D eigenvalue weighted by Gasteiger charge is 2.35. The molecule has 0 bridgehead atoms. The van der Waals surface area contributed by atoms with Crippen LogP contribution in [0, 0.1) is 11.8 Å². The minimum Gasteiger partial charge on any atom is -0.309 e. The lowest BCUT2D eigenvalue weighted by Gasteiger charge is -2.45. The largest absolute Gasteiger partial charge is 0.309 e. The van der Waals surface area contributed by atoms with Crippen LogP contribution in [-0.4, -0.2) is 30.1 Å². The van der Waals surface area contributed by atoms with Crippen molar-refractivity contribution in [3.05, 3.63) is 35.9 Å². The van der Waals surface area contributed by atoms with Crippen LogP contribution in [0.1, 0.15) is 50.5 Å². The maximum absolute atomic E-state index is 3.85. The van der Waals surface area contributed by atoms with E-state index >= 15 is 0 Å². The summed E-state index contributed by atoms with van der Waals surface area (Å²) in [5.41, 5.74) is 1.42. The summed E-state index contributed by atoms with van der Waals surface area (Å²) in [5, 5.41) is 3.85. The number of nitrogens with one attached hydrogen (secondary N) is 1. The molecule has 3 aliphatic rings. The number of likely N-dealkylation sites (tertiary alicyclic amines) is 1. The predicted molar refractivity (Wildman–Crippen MR) is 91.7 cm³/mol. The molecule has 2 nitrogen and oxygen atoms in total. The van der Waals surface area contributed by atoms with Crippen LogP contribution in [0.3, 0.4) is 0 Å². The normalized spacial score (nSPS) is 30.2. The van der Waals surface area contributed by atoms with Gasteiger partial charge in [-0.25, -0.2) is 0 Å². The van der Waals surface area contributed by atoms with Gasteiger partial charge in [-0.1, -0.05) is 49.6 Å². The third-order valence-electron chi connectivity index (χ3n) is 5.96. The number of piperidine rings is 1. The Labute approximate surface area is 135 Å². The van der Waals surface area contributed by atoms with Gasteiger partial charge in [-0.15, -0.1) is 0 Å².